The van der Waals surface area contributed by atoms with E-state index in [4.69, 9.17) is 0 Å². The SMILES string of the molecule is Oc1ccc(-c2ccc(-c3cccnc3)cc2)cc1.[H-].[Rb+]. The molecule has 0 radical (unpaired) electrons. The monoisotopic (exact) mass is 333 g/mol. The number of aromatic hydroxyl groups is 1. The quantitative estimate of drug-likeness (QED) is 0.765. The van der Waals surface area contributed by atoms with Crippen molar-refractivity contribution in [1.29, 1.82) is 0 Å². The maximum absolute atomic E-state index is 9.29. The fourth-order valence-electron chi connectivity index (χ4n) is 2.04. The minimum atomic E-state index is 0. The van der Waals surface area contributed by atoms with Gasteiger partial charge in [-0.3, -0.25) is 4.98 Å². The van der Waals surface area contributed by atoms with E-state index in [1.165, 1.54) is 0 Å². The van der Waals surface area contributed by atoms with Gasteiger partial charge in [-0.1, -0.05) is 42.5 Å². The van der Waals surface area contributed by atoms with E-state index in [-0.39, 0.29) is 65.4 Å². The molecule has 1 aromatic heterocycles. The van der Waals surface area contributed by atoms with Crippen LogP contribution in [-0.2, 0) is 0 Å². The van der Waals surface area contributed by atoms with Crippen LogP contribution < -0.4 is 58.2 Å². The van der Waals surface area contributed by atoms with Crippen LogP contribution in [0.5, 0.6) is 5.75 Å². The molecule has 0 bridgehead atoms. The van der Waals surface area contributed by atoms with Crippen LogP contribution in [0.1, 0.15) is 1.43 Å². The number of rotatable bonds is 2. The molecule has 20 heavy (non-hydrogen) atoms. The van der Waals surface area contributed by atoms with Crippen molar-refractivity contribution in [2.24, 2.45) is 0 Å². The van der Waals surface area contributed by atoms with E-state index in [9.17, 15) is 5.11 Å². The molecule has 2 nitrogen and oxygen atoms in total. The van der Waals surface area contributed by atoms with Crippen LogP contribution in [0.3, 0.4) is 0 Å². The first-order valence-electron chi connectivity index (χ1n) is 6.13. The predicted molar refractivity (Wildman–Crippen MR) is 77.9 cm³/mol. The zero-order chi connectivity index (χ0) is 13.1. The molecule has 0 amide bonds. The molecule has 0 aliphatic carbocycles. The summed E-state index contributed by atoms with van der Waals surface area (Å²) in [5.74, 6) is 0.288. The summed E-state index contributed by atoms with van der Waals surface area (Å²) in [5.41, 5.74) is 4.48. The summed E-state index contributed by atoms with van der Waals surface area (Å²) >= 11 is 0. The molecule has 0 aliphatic rings. The molecular weight excluding hydrogens is 320 g/mol. The number of phenolic OH excluding ortho intramolecular Hbond substituents is 1. The zero-order valence-corrected chi connectivity index (χ0v) is 16.2. The Morgan fingerprint density at radius 2 is 1.20 bits per heavy atom. The first-order valence-corrected chi connectivity index (χ1v) is 6.13. The number of aromatic nitrogens is 1. The van der Waals surface area contributed by atoms with Crippen molar-refractivity contribution in [2.45, 2.75) is 0 Å². The van der Waals surface area contributed by atoms with Crippen molar-refractivity contribution < 1.29 is 64.7 Å². The van der Waals surface area contributed by atoms with Gasteiger partial charge < -0.3 is 6.53 Å². The van der Waals surface area contributed by atoms with Crippen molar-refractivity contribution in [3.8, 4) is 28.0 Å². The van der Waals surface area contributed by atoms with Gasteiger partial charge in [0.1, 0.15) is 5.75 Å². The predicted octanol–water partition coefficient (Wildman–Crippen LogP) is 1.24. The van der Waals surface area contributed by atoms with Gasteiger partial charge in [-0.2, -0.15) is 0 Å². The molecule has 0 saturated heterocycles. The Morgan fingerprint density at radius 1 is 0.700 bits per heavy atom. The van der Waals surface area contributed by atoms with Gasteiger partial charge in [0, 0.05) is 12.4 Å². The third-order valence-corrected chi connectivity index (χ3v) is 3.08. The van der Waals surface area contributed by atoms with E-state index in [0.717, 1.165) is 22.3 Å². The first-order chi connectivity index (χ1) is 9.33. The van der Waals surface area contributed by atoms with Crippen LogP contribution in [-0.4, -0.2) is 10.1 Å². The molecule has 3 heteroatoms. The summed E-state index contributed by atoms with van der Waals surface area (Å²) in [6.07, 6.45) is 3.63. The molecule has 0 spiro atoms. The van der Waals surface area contributed by atoms with Gasteiger partial charge in [0.05, 0.1) is 0 Å². The van der Waals surface area contributed by atoms with E-state index in [1.54, 1.807) is 18.3 Å². The van der Waals surface area contributed by atoms with Crippen molar-refractivity contribution in [3.63, 3.8) is 0 Å². The van der Waals surface area contributed by atoms with E-state index in [1.807, 2.05) is 30.5 Å². The number of pyridine rings is 1. The molecule has 2 aromatic carbocycles. The van der Waals surface area contributed by atoms with E-state index < -0.39 is 0 Å². The molecule has 0 fully saturated rings. The van der Waals surface area contributed by atoms with Crippen LogP contribution in [0.15, 0.2) is 73.1 Å². The van der Waals surface area contributed by atoms with E-state index >= 15 is 0 Å². The Balaban J connectivity index is 0.00000110. The van der Waals surface area contributed by atoms with Crippen molar-refractivity contribution in [3.05, 3.63) is 73.1 Å². The van der Waals surface area contributed by atoms with Gasteiger partial charge in [0.15, 0.2) is 0 Å². The first kappa shape index (κ1) is 15.6. The van der Waals surface area contributed by atoms with Gasteiger partial charge >= 0.3 is 58.2 Å². The second-order valence-electron chi connectivity index (χ2n) is 4.37. The fourth-order valence-corrected chi connectivity index (χ4v) is 2.04. The zero-order valence-electron chi connectivity index (χ0n) is 12.3. The maximum Gasteiger partial charge on any atom is 1.00 e. The third kappa shape index (κ3) is 3.64. The van der Waals surface area contributed by atoms with Crippen molar-refractivity contribution in [2.75, 3.05) is 0 Å². The van der Waals surface area contributed by atoms with Crippen molar-refractivity contribution >= 4 is 0 Å². The topological polar surface area (TPSA) is 33.1 Å². The summed E-state index contributed by atoms with van der Waals surface area (Å²) in [7, 11) is 0. The number of phenols is 1. The molecule has 3 aromatic rings. The molecule has 3 rings (SSSR count). The maximum atomic E-state index is 9.29. The average molecular weight is 334 g/mol. The summed E-state index contributed by atoms with van der Waals surface area (Å²) in [6.45, 7) is 0. The van der Waals surface area contributed by atoms with Crippen LogP contribution >= 0.6 is 0 Å². The molecule has 94 valence electrons. The largest absolute Gasteiger partial charge is 1.00 e. The number of nitrogens with zero attached hydrogens (tertiary/aromatic N) is 1. The smallest absolute Gasteiger partial charge is 1.00 e. The van der Waals surface area contributed by atoms with Gasteiger partial charge in [-0.05, 0) is 40.5 Å². The second kappa shape index (κ2) is 7.27. The minimum Gasteiger partial charge on any atom is -1.00 e. The molecule has 0 atom stereocenters. The number of benzene rings is 2. The fraction of sp³-hybridized carbons (Fsp3) is 0. The summed E-state index contributed by atoms with van der Waals surface area (Å²) < 4.78 is 0. The van der Waals surface area contributed by atoms with Crippen LogP contribution in [0.2, 0.25) is 0 Å². The Hall–Kier alpha value is -0.805. The van der Waals surface area contributed by atoms with Gasteiger partial charge in [0.2, 0.25) is 0 Å². The summed E-state index contributed by atoms with van der Waals surface area (Å²) in [5, 5.41) is 9.29. The molecule has 0 unspecified atom stereocenters. The molecule has 1 N–H and O–H groups in total. The van der Waals surface area contributed by atoms with E-state index in [2.05, 4.69) is 29.2 Å². The second-order valence-corrected chi connectivity index (χ2v) is 4.37. The van der Waals surface area contributed by atoms with E-state index in [0.29, 0.717) is 0 Å². The van der Waals surface area contributed by atoms with Crippen LogP contribution in [0, 0.1) is 0 Å². The number of hydrogen-bond donors (Lipinski definition) is 1. The Labute approximate surface area is 168 Å². The Kier molecular flexibility index (Phi) is 5.67. The van der Waals surface area contributed by atoms with Crippen molar-refractivity contribution in [1.82, 2.24) is 4.98 Å². The molecule has 0 aliphatic heterocycles. The standard InChI is InChI=1S/C17H13NO.Rb.H/c19-17-9-7-14(8-10-17)13-3-5-15(6-4-13)16-2-1-11-18-12-16;;/h1-12,19H;;/q;+1;-1. The Morgan fingerprint density at radius 3 is 1.70 bits per heavy atom. The van der Waals surface area contributed by atoms with Gasteiger partial charge in [-0.25, -0.2) is 0 Å². The van der Waals surface area contributed by atoms with Gasteiger partial charge in [0.25, 0.3) is 0 Å². The minimum absolute atomic E-state index is 0. The Bertz CT molecular complexity index is 669. The normalized spacial score (nSPS) is 9.80. The van der Waals surface area contributed by atoms with Gasteiger partial charge in [-0.15, -0.1) is 0 Å². The summed E-state index contributed by atoms with van der Waals surface area (Å²) in [4.78, 5) is 4.12. The average Bonchev–Trinajstić information content (AvgIpc) is 2.49. The molecule has 0 saturated carbocycles. The number of hydrogen-bond acceptors (Lipinski definition) is 2. The molecule has 1 heterocycles. The van der Waals surface area contributed by atoms with Crippen LogP contribution in [0.4, 0.5) is 0 Å². The summed E-state index contributed by atoms with van der Waals surface area (Å²) in [6, 6.07) is 19.5. The third-order valence-electron chi connectivity index (χ3n) is 3.08. The van der Waals surface area contributed by atoms with Crippen LogP contribution in [0.25, 0.3) is 22.3 Å². The molecular formula is C17H14NORb.